The lowest BCUT2D eigenvalue weighted by molar-refractivity contribution is -0.137. The molecule has 1 unspecified atom stereocenters. The first-order valence-corrected chi connectivity index (χ1v) is 8.08. The number of rotatable bonds is 5. The van der Waals surface area contributed by atoms with Gasteiger partial charge in [0.25, 0.3) is 0 Å². The van der Waals surface area contributed by atoms with Gasteiger partial charge in [-0.15, -0.1) is 0 Å². The number of alkyl halides is 3. The second kappa shape index (κ2) is 6.69. The van der Waals surface area contributed by atoms with Crippen LogP contribution in [-0.2, 0) is 16.2 Å². The van der Waals surface area contributed by atoms with Gasteiger partial charge in [-0.3, -0.25) is 0 Å². The zero-order chi connectivity index (χ0) is 17.1. The Morgan fingerprint density at radius 1 is 1.04 bits per heavy atom. The maximum absolute atomic E-state index is 12.6. The third-order valence-corrected chi connectivity index (χ3v) is 4.54. The van der Waals surface area contributed by atoms with E-state index in [0.29, 0.717) is 11.6 Å². The normalized spacial score (nSPS) is 13.7. The van der Waals surface area contributed by atoms with E-state index < -0.39 is 32.8 Å². The van der Waals surface area contributed by atoms with Crippen molar-refractivity contribution in [3.8, 4) is 0 Å². The Bertz CT molecular complexity index is 761. The highest BCUT2D eigenvalue weighted by Crippen LogP contribution is 2.30. The van der Waals surface area contributed by atoms with Crippen molar-refractivity contribution in [2.75, 3.05) is 6.54 Å². The number of aliphatic hydroxyl groups excluding tert-OH is 1. The Morgan fingerprint density at radius 2 is 1.70 bits per heavy atom. The number of hydrogen-bond donors (Lipinski definition) is 2. The van der Waals surface area contributed by atoms with Crippen LogP contribution in [0.15, 0.2) is 59.5 Å². The summed E-state index contributed by atoms with van der Waals surface area (Å²) < 4.78 is 64.1. The number of sulfonamides is 1. The lowest BCUT2D eigenvalue weighted by atomic mass is 10.1. The fraction of sp³-hybridized carbons (Fsp3) is 0.200. The summed E-state index contributed by atoms with van der Waals surface area (Å²) in [5.74, 6) is 0. The van der Waals surface area contributed by atoms with Crippen LogP contribution in [0, 0.1) is 0 Å². The van der Waals surface area contributed by atoms with Gasteiger partial charge in [-0.25, -0.2) is 13.1 Å². The summed E-state index contributed by atoms with van der Waals surface area (Å²) in [4.78, 5) is -0.507. The summed E-state index contributed by atoms with van der Waals surface area (Å²) in [5, 5.41) is 9.91. The molecule has 0 aliphatic carbocycles. The summed E-state index contributed by atoms with van der Waals surface area (Å²) in [7, 11) is -4.16. The van der Waals surface area contributed by atoms with Gasteiger partial charge >= 0.3 is 6.18 Å². The summed E-state index contributed by atoms with van der Waals surface area (Å²) in [6.45, 7) is -0.345. The number of hydrogen-bond acceptors (Lipinski definition) is 3. The molecule has 2 rings (SSSR count). The van der Waals surface area contributed by atoms with E-state index in [1.807, 2.05) is 0 Å². The van der Waals surface area contributed by atoms with E-state index in [1.165, 1.54) is 0 Å². The van der Waals surface area contributed by atoms with E-state index in [0.717, 1.165) is 18.2 Å². The molecule has 2 N–H and O–H groups in total. The molecule has 0 fully saturated rings. The smallest absolute Gasteiger partial charge is 0.387 e. The van der Waals surface area contributed by atoms with Crippen LogP contribution in [0.5, 0.6) is 0 Å². The van der Waals surface area contributed by atoms with Crippen molar-refractivity contribution >= 4 is 10.0 Å². The minimum absolute atomic E-state index is 0.345. The van der Waals surface area contributed by atoms with Crippen molar-refractivity contribution in [1.82, 2.24) is 4.72 Å². The lowest BCUT2D eigenvalue weighted by Gasteiger charge is -2.13. The number of halogens is 3. The molecular formula is C15H14F3NO3S. The van der Waals surface area contributed by atoms with Crippen LogP contribution in [0.3, 0.4) is 0 Å². The fourth-order valence-electron chi connectivity index (χ4n) is 1.90. The van der Waals surface area contributed by atoms with E-state index in [-0.39, 0.29) is 6.54 Å². The number of aliphatic hydroxyl groups is 1. The molecule has 0 heterocycles. The molecule has 2 aromatic rings. The lowest BCUT2D eigenvalue weighted by Crippen LogP contribution is -2.28. The zero-order valence-corrected chi connectivity index (χ0v) is 12.6. The monoisotopic (exact) mass is 345 g/mol. The van der Waals surface area contributed by atoms with Gasteiger partial charge in [0.05, 0.1) is 16.6 Å². The zero-order valence-electron chi connectivity index (χ0n) is 11.8. The Balaban J connectivity index is 2.13. The van der Waals surface area contributed by atoms with Gasteiger partial charge in [-0.1, -0.05) is 36.4 Å². The first-order valence-electron chi connectivity index (χ1n) is 6.60. The summed E-state index contributed by atoms with van der Waals surface area (Å²) in [6.07, 6.45) is -5.73. The molecule has 0 saturated carbocycles. The van der Waals surface area contributed by atoms with Crippen molar-refractivity contribution in [1.29, 1.82) is 0 Å². The van der Waals surface area contributed by atoms with Crippen molar-refractivity contribution in [3.05, 3.63) is 65.7 Å². The number of benzene rings is 2. The Morgan fingerprint density at radius 3 is 2.30 bits per heavy atom. The summed E-state index contributed by atoms with van der Waals surface area (Å²) in [6, 6.07) is 11.8. The highest BCUT2D eigenvalue weighted by atomic mass is 32.2. The van der Waals surface area contributed by atoms with E-state index in [9.17, 15) is 26.7 Å². The van der Waals surface area contributed by atoms with Crippen molar-refractivity contribution < 1.29 is 26.7 Å². The van der Waals surface area contributed by atoms with Crippen LogP contribution in [0.25, 0.3) is 0 Å². The SMILES string of the molecule is O=S(=O)(NCC(O)c1ccccc1)c1cccc(C(F)(F)F)c1. The van der Waals surface area contributed by atoms with Crippen LogP contribution >= 0.6 is 0 Å². The maximum Gasteiger partial charge on any atom is 0.416 e. The predicted molar refractivity (Wildman–Crippen MR) is 78.0 cm³/mol. The van der Waals surface area contributed by atoms with E-state index in [2.05, 4.69) is 4.72 Å². The molecule has 23 heavy (non-hydrogen) atoms. The second-order valence-electron chi connectivity index (χ2n) is 4.80. The van der Waals surface area contributed by atoms with Crippen molar-refractivity contribution in [2.24, 2.45) is 0 Å². The van der Waals surface area contributed by atoms with Crippen LogP contribution in [-0.4, -0.2) is 20.1 Å². The molecule has 0 bridgehead atoms. The Labute approximate surface area is 131 Å². The molecule has 1 atom stereocenters. The highest BCUT2D eigenvalue weighted by Gasteiger charge is 2.31. The maximum atomic E-state index is 12.6. The van der Waals surface area contributed by atoms with Gasteiger partial charge in [0.1, 0.15) is 0 Å². The third-order valence-electron chi connectivity index (χ3n) is 3.12. The van der Waals surface area contributed by atoms with Crippen molar-refractivity contribution in [3.63, 3.8) is 0 Å². The first-order chi connectivity index (χ1) is 10.7. The second-order valence-corrected chi connectivity index (χ2v) is 6.57. The molecule has 0 amide bonds. The largest absolute Gasteiger partial charge is 0.416 e. The highest BCUT2D eigenvalue weighted by molar-refractivity contribution is 7.89. The molecule has 124 valence electrons. The summed E-state index contributed by atoms with van der Waals surface area (Å²) in [5.41, 5.74) is -0.553. The molecule has 8 heteroatoms. The van der Waals surface area contributed by atoms with Gasteiger partial charge in [0.15, 0.2) is 0 Å². The molecule has 0 aliphatic rings. The third kappa shape index (κ3) is 4.54. The van der Waals surface area contributed by atoms with Gasteiger partial charge in [0.2, 0.25) is 10.0 Å². The molecule has 2 aromatic carbocycles. The van der Waals surface area contributed by atoms with Gasteiger partial charge in [0, 0.05) is 6.54 Å². The van der Waals surface area contributed by atoms with Gasteiger partial charge < -0.3 is 5.11 Å². The predicted octanol–water partition coefficient (Wildman–Crippen LogP) is 2.72. The van der Waals surface area contributed by atoms with Crippen LogP contribution in [0.4, 0.5) is 13.2 Å². The van der Waals surface area contributed by atoms with Crippen LogP contribution < -0.4 is 4.72 Å². The first kappa shape index (κ1) is 17.5. The van der Waals surface area contributed by atoms with Gasteiger partial charge in [-0.2, -0.15) is 13.2 Å². The van der Waals surface area contributed by atoms with Crippen LogP contribution in [0.1, 0.15) is 17.2 Å². The molecule has 4 nitrogen and oxygen atoms in total. The minimum atomic E-state index is -4.63. The average Bonchev–Trinajstić information content (AvgIpc) is 2.53. The Hall–Kier alpha value is -1.90. The van der Waals surface area contributed by atoms with E-state index in [4.69, 9.17) is 0 Å². The fourth-order valence-corrected chi connectivity index (χ4v) is 2.99. The standard InChI is InChI=1S/C15H14F3NO3S/c16-15(17,18)12-7-4-8-13(9-12)23(21,22)19-10-14(20)11-5-2-1-3-6-11/h1-9,14,19-20H,10H2. The average molecular weight is 345 g/mol. The molecular weight excluding hydrogens is 331 g/mol. The molecule has 0 saturated heterocycles. The molecule has 0 aromatic heterocycles. The number of nitrogens with one attached hydrogen (secondary N) is 1. The summed E-state index contributed by atoms with van der Waals surface area (Å²) >= 11 is 0. The van der Waals surface area contributed by atoms with Crippen molar-refractivity contribution in [2.45, 2.75) is 17.2 Å². The topological polar surface area (TPSA) is 66.4 Å². The molecule has 0 aliphatic heterocycles. The van der Waals surface area contributed by atoms with E-state index >= 15 is 0 Å². The van der Waals surface area contributed by atoms with E-state index in [1.54, 1.807) is 30.3 Å². The minimum Gasteiger partial charge on any atom is -0.387 e. The molecule has 0 radical (unpaired) electrons. The molecule has 0 spiro atoms. The van der Waals surface area contributed by atoms with Crippen LogP contribution in [0.2, 0.25) is 0 Å². The quantitative estimate of drug-likeness (QED) is 0.876. The Kier molecular flexibility index (Phi) is 5.08. The van der Waals surface area contributed by atoms with Gasteiger partial charge in [-0.05, 0) is 23.8 Å².